The average molecular weight is 448 g/mol. The van der Waals surface area contributed by atoms with Crippen LogP contribution in [0.2, 0.25) is 0 Å². The summed E-state index contributed by atoms with van der Waals surface area (Å²) in [5.74, 6) is -0.0394. The smallest absolute Gasteiger partial charge is 0.338 e. The van der Waals surface area contributed by atoms with Crippen molar-refractivity contribution in [2.75, 3.05) is 13.1 Å². The minimum absolute atomic E-state index is 0.0970. The van der Waals surface area contributed by atoms with Gasteiger partial charge in [0.05, 0.1) is 15.3 Å². The Balaban J connectivity index is 1.48. The molecule has 1 aromatic carbocycles. The monoisotopic (exact) mass is 447 g/mol. The van der Waals surface area contributed by atoms with Crippen molar-refractivity contribution in [2.45, 2.75) is 37.7 Å². The molecule has 3 heterocycles. The molecule has 158 valence electrons. The number of carbonyl (C=O) groups excluding carboxylic acids is 1. The molecule has 30 heavy (non-hydrogen) atoms. The van der Waals surface area contributed by atoms with E-state index >= 15 is 0 Å². The van der Waals surface area contributed by atoms with Crippen LogP contribution in [0, 0.1) is 6.92 Å². The molecular weight excluding hydrogens is 426 g/mol. The first-order chi connectivity index (χ1) is 14.4. The first-order valence-corrected chi connectivity index (χ1v) is 11.9. The van der Waals surface area contributed by atoms with E-state index in [4.69, 9.17) is 9.26 Å². The van der Waals surface area contributed by atoms with Crippen molar-refractivity contribution in [1.82, 2.24) is 14.4 Å². The number of hydrogen-bond acceptors (Lipinski definition) is 8. The van der Waals surface area contributed by atoms with Gasteiger partial charge >= 0.3 is 5.97 Å². The number of sulfonamides is 1. The molecule has 1 fully saturated rings. The number of thiophene rings is 1. The van der Waals surface area contributed by atoms with E-state index in [9.17, 15) is 13.2 Å². The highest BCUT2D eigenvalue weighted by Gasteiger charge is 2.27. The minimum atomic E-state index is -3.64. The van der Waals surface area contributed by atoms with Crippen molar-refractivity contribution in [3.8, 4) is 10.7 Å². The molecule has 0 radical (unpaired) electrons. The van der Waals surface area contributed by atoms with Gasteiger partial charge in [-0.3, -0.25) is 0 Å². The van der Waals surface area contributed by atoms with Crippen LogP contribution in [0.25, 0.3) is 10.7 Å². The lowest BCUT2D eigenvalue weighted by Crippen LogP contribution is -2.35. The van der Waals surface area contributed by atoms with E-state index in [1.807, 2.05) is 17.5 Å². The average Bonchev–Trinajstić information content (AvgIpc) is 3.45. The number of carbonyl (C=O) groups is 1. The molecule has 1 saturated heterocycles. The van der Waals surface area contributed by atoms with E-state index in [1.165, 1.54) is 27.8 Å². The molecule has 10 heteroatoms. The summed E-state index contributed by atoms with van der Waals surface area (Å²) in [7, 11) is -3.64. The van der Waals surface area contributed by atoms with Crippen LogP contribution in [0.15, 0.2) is 45.1 Å². The van der Waals surface area contributed by atoms with Crippen LogP contribution >= 0.6 is 11.3 Å². The van der Waals surface area contributed by atoms with Gasteiger partial charge in [0, 0.05) is 13.1 Å². The predicted octanol–water partition coefficient (Wildman–Crippen LogP) is 3.64. The highest BCUT2D eigenvalue weighted by molar-refractivity contribution is 7.89. The molecule has 1 aliphatic rings. The van der Waals surface area contributed by atoms with Gasteiger partial charge in [0.1, 0.15) is 0 Å². The Bertz CT molecular complexity index is 1130. The molecule has 0 N–H and O–H groups in total. The molecule has 0 unspecified atom stereocenters. The first kappa shape index (κ1) is 20.7. The fourth-order valence-corrected chi connectivity index (χ4v) is 5.45. The Hall–Kier alpha value is -2.56. The lowest BCUT2D eigenvalue weighted by atomic mass is 10.1. The number of benzene rings is 1. The largest absolute Gasteiger partial charge is 0.452 e. The van der Waals surface area contributed by atoms with Crippen LogP contribution in [0.3, 0.4) is 0 Å². The SMILES string of the molecule is Cc1ccc(S(=O)(=O)N2CCCCC2)cc1C(=O)OCc1nc(-c2cccs2)no1. The van der Waals surface area contributed by atoms with Crippen LogP contribution in [-0.4, -0.2) is 41.9 Å². The van der Waals surface area contributed by atoms with Crippen molar-refractivity contribution in [3.05, 3.63) is 52.7 Å². The molecule has 4 rings (SSSR count). The molecule has 8 nitrogen and oxygen atoms in total. The van der Waals surface area contributed by atoms with Gasteiger partial charge in [-0.25, -0.2) is 13.2 Å². The zero-order valence-corrected chi connectivity index (χ0v) is 18.0. The Kier molecular flexibility index (Phi) is 5.98. The standard InChI is InChI=1S/C20H21N3O5S2/c1-14-7-8-15(30(25,26)23-9-3-2-4-10-23)12-16(14)20(24)27-13-18-21-19(22-28-18)17-6-5-11-29-17/h5-8,11-12H,2-4,9-10,13H2,1H3. The van der Waals surface area contributed by atoms with Crippen LogP contribution < -0.4 is 0 Å². The Morgan fingerprint density at radius 2 is 2.03 bits per heavy atom. The topological polar surface area (TPSA) is 103 Å². The number of aryl methyl sites for hydroxylation is 1. The third-order valence-electron chi connectivity index (χ3n) is 4.92. The first-order valence-electron chi connectivity index (χ1n) is 9.59. The Morgan fingerprint density at radius 1 is 1.23 bits per heavy atom. The second-order valence-corrected chi connectivity index (χ2v) is 9.89. The van der Waals surface area contributed by atoms with Gasteiger partial charge in [0.2, 0.25) is 15.8 Å². The van der Waals surface area contributed by atoms with E-state index in [0.717, 1.165) is 24.1 Å². The van der Waals surface area contributed by atoms with Gasteiger partial charge in [0.15, 0.2) is 6.61 Å². The van der Waals surface area contributed by atoms with E-state index in [1.54, 1.807) is 13.0 Å². The second-order valence-electron chi connectivity index (χ2n) is 7.01. The molecule has 2 aromatic heterocycles. The number of ether oxygens (including phenoxy) is 1. The second kappa shape index (κ2) is 8.66. The summed E-state index contributed by atoms with van der Waals surface area (Å²) in [6.45, 7) is 2.54. The molecule has 0 atom stereocenters. The zero-order chi connectivity index (χ0) is 21.1. The fraction of sp³-hybridized carbons (Fsp3) is 0.350. The number of piperidine rings is 1. The molecule has 0 bridgehead atoms. The molecule has 0 saturated carbocycles. The summed E-state index contributed by atoms with van der Waals surface area (Å²) >= 11 is 1.47. The number of hydrogen-bond donors (Lipinski definition) is 0. The number of aromatic nitrogens is 2. The van der Waals surface area contributed by atoms with E-state index < -0.39 is 16.0 Å². The van der Waals surface area contributed by atoms with Gasteiger partial charge in [-0.05, 0) is 48.9 Å². The zero-order valence-electron chi connectivity index (χ0n) is 16.4. The van der Waals surface area contributed by atoms with Crippen LogP contribution in [0.4, 0.5) is 0 Å². The summed E-state index contributed by atoms with van der Waals surface area (Å²) in [6, 6.07) is 8.27. The maximum atomic E-state index is 12.9. The predicted molar refractivity (Wildman–Crippen MR) is 111 cm³/mol. The van der Waals surface area contributed by atoms with Crippen molar-refractivity contribution >= 4 is 27.3 Å². The van der Waals surface area contributed by atoms with Gasteiger partial charge in [0.25, 0.3) is 5.89 Å². The quantitative estimate of drug-likeness (QED) is 0.532. The van der Waals surface area contributed by atoms with Gasteiger partial charge in [-0.2, -0.15) is 9.29 Å². The Morgan fingerprint density at radius 3 is 2.77 bits per heavy atom. The highest BCUT2D eigenvalue weighted by Crippen LogP contribution is 2.24. The molecule has 0 aliphatic carbocycles. The van der Waals surface area contributed by atoms with Crippen molar-refractivity contribution in [3.63, 3.8) is 0 Å². The van der Waals surface area contributed by atoms with E-state index in [0.29, 0.717) is 24.5 Å². The number of nitrogens with zero attached hydrogens (tertiary/aromatic N) is 3. The molecule has 0 amide bonds. The van der Waals surface area contributed by atoms with Gasteiger partial charge in [-0.1, -0.05) is 23.7 Å². The Labute approximate surface area is 178 Å². The maximum absolute atomic E-state index is 12.9. The summed E-state index contributed by atoms with van der Waals surface area (Å²) in [5, 5.41) is 5.78. The lowest BCUT2D eigenvalue weighted by molar-refractivity contribution is 0.0428. The van der Waals surface area contributed by atoms with Crippen molar-refractivity contribution in [1.29, 1.82) is 0 Å². The lowest BCUT2D eigenvalue weighted by Gasteiger charge is -2.26. The van der Waals surface area contributed by atoms with Crippen LogP contribution in [-0.2, 0) is 21.4 Å². The fourth-order valence-electron chi connectivity index (χ4n) is 3.26. The van der Waals surface area contributed by atoms with E-state index in [-0.39, 0.29) is 23.0 Å². The number of esters is 1. The summed E-state index contributed by atoms with van der Waals surface area (Å²) < 4.78 is 37.7. The highest BCUT2D eigenvalue weighted by atomic mass is 32.2. The molecule has 1 aliphatic heterocycles. The third-order valence-corrected chi connectivity index (χ3v) is 7.68. The van der Waals surface area contributed by atoms with Crippen LogP contribution in [0.1, 0.15) is 41.1 Å². The van der Waals surface area contributed by atoms with Crippen molar-refractivity contribution < 1.29 is 22.5 Å². The van der Waals surface area contributed by atoms with E-state index in [2.05, 4.69) is 10.1 Å². The maximum Gasteiger partial charge on any atom is 0.338 e. The van der Waals surface area contributed by atoms with Gasteiger partial charge in [-0.15, -0.1) is 11.3 Å². The molecule has 0 spiro atoms. The van der Waals surface area contributed by atoms with Crippen molar-refractivity contribution in [2.24, 2.45) is 0 Å². The molecular formula is C20H21N3O5S2. The van der Waals surface area contributed by atoms with Gasteiger partial charge < -0.3 is 9.26 Å². The minimum Gasteiger partial charge on any atom is -0.452 e. The normalized spacial score (nSPS) is 15.2. The summed E-state index contributed by atoms with van der Waals surface area (Å²) in [6.07, 6.45) is 2.72. The third kappa shape index (κ3) is 4.30. The summed E-state index contributed by atoms with van der Waals surface area (Å²) in [5.41, 5.74) is 0.827. The molecule has 3 aromatic rings. The summed E-state index contributed by atoms with van der Waals surface area (Å²) in [4.78, 5) is 17.8. The number of rotatable bonds is 6. The van der Waals surface area contributed by atoms with Crippen LogP contribution in [0.5, 0.6) is 0 Å².